The van der Waals surface area contributed by atoms with Gasteiger partial charge in [-0.2, -0.15) is 0 Å². The lowest BCUT2D eigenvalue weighted by Crippen LogP contribution is -2.37. The summed E-state index contributed by atoms with van der Waals surface area (Å²) >= 11 is 0. The zero-order chi connectivity index (χ0) is 13.1. The van der Waals surface area contributed by atoms with Crippen LogP contribution in [0.25, 0.3) is 0 Å². The molecule has 0 bridgehead atoms. The first-order valence-electron chi connectivity index (χ1n) is 8.34. The summed E-state index contributed by atoms with van der Waals surface area (Å²) < 4.78 is 0. The Morgan fingerprint density at radius 2 is 1.42 bits per heavy atom. The molecule has 3 aliphatic rings. The highest BCUT2D eigenvalue weighted by Crippen LogP contribution is 2.30. The number of carbonyl (C=O) groups is 1. The van der Waals surface area contributed by atoms with Crippen molar-refractivity contribution < 1.29 is 4.79 Å². The summed E-state index contributed by atoms with van der Waals surface area (Å²) in [5, 5.41) is 3.50. The van der Waals surface area contributed by atoms with Gasteiger partial charge in [-0.15, -0.1) is 0 Å². The van der Waals surface area contributed by atoms with E-state index in [1.165, 1.54) is 51.6 Å². The Bertz CT molecular complexity index is 296. The Morgan fingerprint density at radius 3 is 2.00 bits per heavy atom. The van der Waals surface area contributed by atoms with Crippen molar-refractivity contribution in [2.45, 2.75) is 51.4 Å². The number of nitrogens with zero attached hydrogens (tertiary/aromatic N) is 1. The zero-order valence-electron chi connectivity index (χ0n) is 12.1. The molecule has 1 amide bonds. The van der Waals surface area contributed by atoms with Crippen LogP contribution in [-0.2, 0) is 4.79 Å². The lowest BCUT2D eigenvalue weighted by atomic mass is 9.92. The molecule has 1 N–H and O–H groups in total. The molecule has 2 atom stereocenters. The Kier molecular flexibility index (Phi) is 4.42. The third-order valence-electron chi connectivity index (χ3n) is 5.54. The van der Waals surface area contributed by atoms with Crippen LogP contribution in [0.4, 0.5) is 0 Å². The van der Waals surface area contributed by atoms with Crippen LogP contribution in [0.1, 0.15) is 51.4 Å². The normalized spacial score (nSPS) is 33.6. The van der Waals surface area contributed by atoms with Gasteiger partial charge >= 0.3 is 0 Å². The van der Waals surface area contributed by atoms with Crippen LogP contribution in [0.3, 0.4) is 0 Å². The summed E-state index contributed by atoms with van der Waals surface area (Å²) in [6.07, 6.45) is 9.91. The van der Waals surface area contributed by atoms with Gasteiger partial charge in [0.25, 0.3) is 0 Å². The minimum Gasteiger partial charge on any atom is -0.342 e. The van der Waals surface area contributed by atoms with E-state index in [1.54, 1.807) is 0 Å². The molecular weight excluding hydrogens is 236 g/mol. The van der Waals surface area contributed by atoms with Crippen molar-refractivity contribution in [1.29, 1.82) is 0 Å². The van der Waals surface area contributed by atoms with E-state index in [0.717, 1.165) is 37.8 Å². The van der Waals surface area contributed by atoms with Crippen LogP contribution in [0, 0.1) is 17.8 Å². The third-order valence-corrected chi connectivity index (χ3v) is 5.54. The van der Waals surface area contributed by atoms with Gasteiger partial charge in [0.15, 0.2) is 0 Å². The quantitative estimate of drug-likeness (QED) is 0.738. The molecule has 1 aliphatic carbocycles. The fraction of sp³-hybridized carbons (Fsp3) is 0.938. The fourth-order valence-electron chi connectivity index (χ4n) is 4.22. The van der Waals surface area contributed by atoms with E-state index in [2.05, 4.69) is 10.2 Å². The number of amides is 1. The maximum atomic E-state index is 12.7. The summed E-state index contributed by atoms with van der Waals surface area (Å²) in [6.45, 7) is 4.38. The van der Waals surface area contributed by atoms with Crippen molar-refractivity contribution in [1.82, 2.24) is 10.2 Å². The van der Waals surface area contributed by atoms with Crippen LogP contribution >= 0.6 is 0 Å². The van der Waals surface area contributed by atoms with Crippen LogP contribution in [-0.4, -0.2) is 37.0 Å². The first-order chi connectivity index (χ1) is 9.34. The van der Waals surface area contributed by atoms with Crippen molar-refractivity contribution in [3.63, 3.8) is 0 Å². The van der Waals surface area contributed by atoms with Gasteiger partial charge in [0.1, 0.15) is 0 Å². The predicted molar refractivity (Wildman–Crippen MR) is 76.9 cm³/mol. The predicted octanol–water partition coefficient (Wildman–Crippen LogP) is 2.41. The minimum atomic E-state index is 0.346. The van der Waals surface area contributed by atoms with Crippen LogP contribution in [0.15, 0.2) is 0 Å². The van der Waals surface area contributed by atoms with Gasteiger partial charge in [0.2, 0.25) is 5.91 Å². The van der Waals surface area contributed by atoms with Gasteiger partial charge in [-0.05, 0) is 50.6 Å². The number of hydrogen-bond acceptors (Lipinski definition) is 2. The molecule has 0 spiro atoms. The topological polar surface area (TPSA) is 32.3 Å². The first-order valence-corrected chi connectivity index (χ1v) is 8.34. The molecule has 19 heavy (non-hydrogen) atoms. The fourth-order valence-corrected chi connectivity index (χ4v) is 4.22. The third kappa shape index (κ3) is 3.13. The van der Waals surface area contributed by atoms with Gasteiger partial charge in [0, 0.05) is 19.0 Å². The molecular formula is C16H28N2O. The van der Waals surface area contributed by atoms with Crippen LogP contribution in [0.5, 0.6) is 0 Å². The molecule has 0 aromatic rings. The number of hydrogen-bond donors (Lipinski definition) is 1. The molecule has 3 rings (SSSR count). The second-order valence-corrected chi connectivity index (χ2v) is 6.77. The highest BCUT2D eigenvalue weighted by molar-refractivity contribution is 5.78. The standard InChI is InChI=1S/C16H28N2O/c19-16(13-5-3-1-2-4-6-13)18-9-7-14-11-17-12-15(14)8-10-18/h13-15,17H,1-12H2/t14-,15+. The summed E-state index contributed by atoms with van der Waals surface area (Å²) in [6, 6.07) is 0. The Balaban J connectivity index is 1.57. The number of likely N-dealkylation sites (tertiary alicyclic amines) is 1. The highest BCUT2D eigenvalue weighted by atomic mass is 16.2. The van der Waals surface area contributed by atoms with Crippen molar-refractivity contribution in [3.8, 4) is 0 Å². The largest absolute Gasteiger partial charge is 0.342 e. The van der Waals surface area contributed by atoms with Crippen molar-refractivity contribution in [2.24, 2.45) is 17.8 Å². The molecule has 0 aromatic carbocycles. The molecule has 3 nitrogen and oxygen atoms in total. The van der Waals surface area contributed by atoms with E-state index >= 15 is 0 Å². The van der Waals surface area contributed by atoms with Crippen molar-refractivity contribution in [2.75, 3.05) is 26.2 Å². The molecule has 3 fully saturated rings. The Morgan fingerprint density at radius 1 is 0.842 bits per heavy atom. The number of nitrogens with one attached hydrogen (secondary N) is 1. The molecule has 0 aromatic heterocycles. The lowest BCUT2D eigenvalue weighted by molar-refractivity contribution is -0.136. The molecule has 108 valence electrons. The van der Waals surface area contributed by atoms with E-state index in [4.69, 9.17) is 0 Å². The van der Waals surface area contributed by atoms with Crippen molar-refractivity contribution >= 4 is 5.91 Å². The summed E-state index contributed by atoms with van der Waals surface area (Å²) in [5.41, 5.74) is 0. The van der Waals surface area contributed by atoms with Gasteiger partial charge in [-0.3, -0.25) is 4.79 Å². The van der Waals surface area contributed by atoms with Crippen LogP contribution in [0.2, 0.25) is 0 Å². The maximum absolute atomic E-state index is 12.7. The maximum Gasteiger partial charge on any atom is 0.225 e. The smallest absolute Gasteiger partial charge is 0.225 e. The van der Waals surface area contributed by atoms with Gasteiger partial charge in [-0.25, -0.2) is 0 Å². The Hall–Kier alpha value is -0.570. The SMILES string of the molecule is O=C(C1CCCCCC1)N1CC[C@@H]2CNC[C@@H]2CC1. The van der Waals surface area contributed by atoms with E-state index in [9.17, 15) is 4.79 Å². The lowest BCUT2D eigenvalue weighted by Gasteiger charge is -2.25. The summed E-state index contributed by atoms with van der Waals surface area (Å²) in [5.74, 6) is 2.48. The van der Waals surface area contributed by atoms with E-state index in [-0.39, 0.29) is 0 Å². The van der Waals surface area contributed by atoms with E-state index in [1.807, 2.05) is 0 Å². The summed E-state index contributed by atoms with van der Waals surface area (Å²) in [4.78, 5) is 14.9. The molecule has 0 unspecified atom stereocenters. The minimum absolute atomic E-state index is 0.346. The molecule has 3 heteroatoms. The number of fused-ring (bicyclic) bond motifs is 1. The second-order valence-electron chi connectivity index (χ2n) is 6.77. The molecule has 2 aliphatic heterocycles. The Labute approximate surface area is 117 Å². The van der Waals surface area contributed by atoms with E-state index in [0.29, 0.717) is 11.8 Å². The zero-order valence-corrected chi connectivity index (χ0v) is 12.1. The number of carbonyl (C=O) groups excluding carboxylic acids is 1. The van der Waals surface area contributed by atoms with Gasteiger partial charge in [-0.1, -0.05) is 25.7 Å². The number of rotatable bonds is 1. The monoisotopic (exact) mass is 264 g/mol. The van der Waals surface area contributed by atoms with E-state index < -0.39 is 0 Å². The average Bonchev–Trinajstić information content (AvgIpc) is 2.66. The van der Waals surface area contributed by atoms with Crippen LogP contribution < -0.4 is 5.32 Å². The molecule has 0 radical (unpaired) electrons. The van der Waals surface area contributed by atoms with Crippen molar-refractivity contribution in [3.05, 3.63) is 0 Å². The molecule has 2 saturated heterocycles. The highest BCUT2D eigenvalue weighted by Gasteiger charge is 2.33. The van der Waals surface area contributed by atoms with Gasteiger partial charge in [0.05, 0.1) is 0 Å². The summed E-state index contributed by atoms with van der Waals surface area (Å²) in [7, 11) is 0. The van der Waals surface area contributed by atoms with Gasteiger partial charge < -0.3 is 10.2 Å². The molecule has 1 saturated carbocycles. The second kappa shape index (κ2) is 6.25. The average molecular weight is 264 g/mol. The molecule has 2 heterocycles. The first kappa shape index (κ1) is 13.4.